The molecule has 4 aromatic rings. The van der Waals surface area contributed by atoms with Crippen LogP contribution in [0.1, 0.15) is 0 Å². The van der Waals surface area contributed by atoms with Crippen LogP contribution in [0.25, 0.3) is 22.6 Å². The molecule has 4 rings (SSSR count). The molecule has 5 nitrogen and oxygen atoms in total. The van der Waals surface area contributed by atoms with Crippen molar-refractivity contribution in [1.29, 1.82) is 0 Å². The van der Waals surface area contributed by atoms with Gasteiger partial charge in [0.05, 0.1) is 11.0 Å². The Morgan fingerprint density at radius 2 is 1.77 bits per heavy atom. The van der Waals surface area contributed by atoms with E-state index in [4.69, 9.17) is 0 Å². The average Bonchev–Trinajstić information content (AvgIpc) is 3.03. The molecule has 0 fully saturated rings. The number of aromatic nitrogens is 3. The second-order valence-corrected chi connectivity index (χ2v) is 6.14. The molecule has 6 heteroatoms. The highest BCUT2D eigenvalue weighted by atomic mass is 16.1. The first kappa shape index (κ1) is 16.1. The Balaban J connectivity index is 1.68. The fourth-order valence-electron chi connectivity index (χ4n) is 2.91. The maximum absolute atomic E-state index is 12.6. The number of carbonyl (C=O) groups is 1. The van der Waals surface area contributed by atoms with Gasteiger partial charge in [0.1, 0.15) is 20.1 Å². The summed E-state index contributed by atoms with van der Waals surface area (Å²) in [4.78, 5) is 21.7. The number of fused-ring (bicyclic) bond motifs is 1. The van der Waals surface area contributed by atoms with Crippen LogP contribution in [0.3, 0.4) is 0 Å². The molecule has 2 heterocycles. The van der Waals surface area contributed by atoms with E-state index in [0.717, 1.165) is 27.9 Å². The Hall–Kier alpha value is -3.41. The number of hydrogen-bond donors (Lipinski definition) is 1. The van der Waals surface area contributed by atoms with Crippen molar-refractivity contribution in [3.63, 3.8) is 0 Å². The van der Waals surface area contributed by atoms with Crippen LogP contribution in [0.4, 0.5) is 5.69 Å². The molecular formula is C20H17BN4O. The summed E-state index contributed by atoms with van der Waals surface area (Å²) in [6, 6.07) is 21.2. The maximum atomic E-state index is 12.6. The summed E-state index contributed by atoms with van der Waals surface area (Å²) < 4.78 is 1.90. The SMILES string of the molecule is Bc1ccc(NC(=O)Cn2c(-c3ccccn3)nc3ccccc32)cc1. The summed E-state index contributed by atoms with van der Waals surface area (Å²) in [5.74, 6) is 0.583. The van der Waals surface area contributed by atoms with Crippen LogP contribution in [-0.2, 0) is 11.3 Å². The zero-order chi connectivity index (χ0) is 17.9. The van der Waals surface area contributed by atoms with Gasteiger partial charge in [-0.25, -0.2) is 4.98 Å². The summed E-state index contributed by atoms with van der Waals surface area (Å²) in [5, 5.41) is 2.94. The number of nitrogens with one attached hydrogen (secondary N) is 1. The van der Waals surface area contributed by atoms with Crippen LogP contribution in [0.2, 0.25) is 0 Å². The van der Waals surface area contributed by atoms with Gasteiger partial charge in [-0.2, -0.15) is 0 Å². The number of amides is 1. The number of hydrogen-bond acceptors (Lipinski definition) is 3. The second kappa shape index (κ2) is 6.84. The van der Waals surface area contributed by atoms with Gasteiger partial charge in [0.2, 0.25) is 5.91 Å². The Kier molecular flexibility index (Phi) is 4.23. The van der Waals surface area contributed by atoms with Gasteiger partial charge in [-0.05, 0) is 36.4 Å². The highest BCUT2D eigenvalue weighted by Crippen LogP contribution is 2.23. The fraction of sp³-hybridized carbons (Fsp3) is 0.0500. The molecule has 26 heavy (non-hydrogen) atoms. The molecule has 126 valence electrons. The third-order valence-electron chi connectivity index (χ3n) is 4.19. The lowest BCUT2D eigenvalue weighted by molar-refractivity contribution is -0.116. The highest BCUT2D eigenvalue weighted by Gasteiger charge is 2.15. The molecular weight excluding hydrogens is 323 g/mol. The molecule has 0 spiro atoms. The van der Waals surface area contributed by atoms with Crippen molar-refractivity contribution in [1.82, 2.24) is 14.5 Å². The number of nitrogens with zero attached hydrogens (tertiary/aromatic N) is 3. The lowest BCUT2D eigenvalue weighted by atomic mass is 9.96. The summed E-state index contributed by atoms with van der Waals surface area (Å²) in [6.07, 6.45) is 1.73. The third kappa shape index (κ3) is 3.21. The largest absolute Gasteiger partial charge is 0.325 e. The smallest absolute Gasteiger partial charge is 0.244 e. The van der Waals surface area contributed by atoms with Crippen molar-refractivity contribution in [3.05, 3.63) is 72.9 Å². The van der Waals surface area contributed by atoms with Crippen LogP contribution >= 0.6 is 0 Å². The molecule has 1 amide bonds. The summed E-state index contributed by atoms with van der Waals surface area (Å²) >= 11 is 0. The van der Waals surface area contributed by atoms with E-state index < -0.39 is 0 Å². The van der Waals surface area contributed by atoms with E-state index in [2.05, 4.69) is 15.3 Å². The normalized spacial score (nSPS) is 10.8. The Morgan fingerprint density at radius 1 is 1.00 bits per heavy atom. The molecule has 0 aliphatic heterocycles. The van der Waals surface area contributed by atoms with Gasteiger partial charge >= 0.3 is 0 Å². The quantitative estimate of drug-likeness (QED) is 0.578. The zero-order valence-corrected chi connectivity index (χ0v) is 14.4. The van der Waals surface area contributed by atoms with Crippen molar-refractivity contribution >= 4 is 35.9 Å². The Morgan fingerprint density at radius 3 is 2.54 bits per heavy atom. The van der Waals surface area contributed by atoms with Crippen LogP contribution in [0.15, 0.2) is 72.9 Å². The minimum Gasteiger partial charge on any atom is -0.325 e. The van der Waals surface area contributed by atoms with Crippen molar-refractivity contribution < 1.29 is 4.79 Å². The van der Waals surface area contributed by atoms with E-state index in [9.17, 15) is 4.79 Å². The van der Waals surface area contributed by atoms with Gasteiger partial charge in [0.15, 0.2) is 5.82 Å². The van der Waals surface area contributed by atoms with E-state index in [1.165, 1.54) is 0 Å². The summed E-state index contributed by atoms with van der Waals surface area (Å²) in [7, 11) is 2.02. The first-order valence-electron chi connectivity index (χ1n) is 8.44. The molecule has 0 unspecified atom stereocenters. The molecule has 2 aromatic carbocycles. The summed E-state index contributed by atoms with van der Waals surface area (Å²) in [6.45, 7) is 0.167. The number of pyridine rings is 1. The second-order valence-electron chi connectivity index (χ2n) is 6.14. The van der Waals surface area contributed by atoms with Gasteiger partial charge in [0.25, 0.3) is 0 Å². The maximum Gasteiger partial charge on any atom is 0.244 e. The van der Waals surface area contributed by atoms with Gasteiger partial charge < -0.3 is 9.88 Å². The van der Waals surface area contributed by atoms with Crippen molar-refractivity contribution in [3.8, 4) is 11.5 Å². The average molecular weight is 340 g/mol. The third-order valence-corrected chi connectivity index (χ3v) is 4.19. The van der Waals surface area contributed by atoms with Gasteiger partial charge in [-0.1, -0.05) is 35.8 Å². The zero-order valence-electron chi connectivity index (χ0n) is 14.4. The molecule has 0 bridgehead atoms. The van der Waals surface area contributed by atoms with E-state index >= 15 is 0 Å². The minimum atomic E-state index is -0.103. The van der Waals surface area contributed by atoms with Gasteiger partial charge in [0, 0.05) is 11.9 Å². The van der Waals surface area contributed by atoms with Crippen LogP contribution in [-0.4, -0.2) is 28.3 Å². The Labute approximate surface area is 152 Å². The monoisotopic (exact) mass is 340 g/mol. The van der Waals surface area contributed by atoms with Crippen LogP contribution < -0.4 is 10.8 Å². The van der Waals surface area contributed by atoms with Crippen LogP contribution in [0.5, 0.6) is 0 Å². The topological polar surface area (TPSA) is 59.8 Å². The lowest BCUT2D eigenvalue weighted by Crippen LogP contribution is -2.19. The summed E-state index contributed by atoms with van der Waals surface area (Å²) in [5.41, 5.74) is 4.43. The highest BCUT2D eigenvalue weighted by molar-refractivity contribution is 6.32. The van der Waals surface area contributed by atoms with E-state index in [0.29, 0.717) is 5.82 Å². The molecule has 0 saturated carbocycles. The van der Waals surface area contributed by atoms with E-state index in [1.54, 1.807) is 6.20 Å². The number of benzene rings is 2. The van der Waals surface area contributed by atoms with Crippen molar-refractivity contribution in [2.45, 2.75) is 6.54 Å². The number of imidazole rings is 1. The molecule has 0 saturated heterocycles. The molecule has 0 aliphatic carbocycles. The minimum absolute atomic E-state index is 0.103. The number of rotatable bonds is 4. The Bertz CT molecular complexity index is 1060. The molecule has 0 atom stereocenters. The first-order chi connectivity index (χ1) is 12.7. The first-order valence-corrected chi connectivity index (χ1v) is 8.44. The van der Waals surface area contributed by atoms with E-state index in [-0.39, 0.29) is 12.5 Å². The fourth-order valence-corrected chi connectivity index (χ4v) is 2.91. The van der Waals surface area contributed by atoms with Crippen molar-refractivity contribution in [2.24, 2.45) is 0 Å². The molecule has 0 radical (unpaired) electrons. The predicted molar refractivity (Wildman–Crippen MR) is 106 cm³/mol. The lowest BCUT2D eigenvalue weighted by Gasteiger charge is -2.10. The van der Waals surface area contributed by atoms with Gasteiger partial charge in [-0.3, -0.25) is 9.78 Å². The van der Waals surface area contributed by atoms with Gasteiger partial charge in [-0.15, -0.1) is 0 Å². The molecule has 1 N–H and O–H groups in total. The number of anilines is 1. The van der Waals surface area contributed by atoms with Crippen LogP contribution in [0, 0.1) is 0 Å². The number of carbonyl (C=O) groups excluding carboxylic acids is 1. The number of para-hydroxylation sites is 2. The molecule has 0 aliphatic rings. The van der Waals surface area contributed by atoms with Crippen molar-refractivity contribution in [2.75, 3.05) is 5.32 Å². The molecule has 2 aromatic heterocycles. The van der Waals surface area contributed by atoms with E-state index in [1.807, 2.05) is 79.1 Å². The standard InChI is InChI=1S/C20H17BN4O/c21-14-8-10-15(11-9-14)23-19(26)13-25-18-7-2-1-5-16(18)24-20(25)17-6-3-4-12-22-17/h1-12H,13,21H2,(H,23,26). The predicted octanol–water partition coefficient (Wildman–Crippen LogP) is 2.00.